The van der Waals surface area contributed by atoms with E-state index in [0.29, 0.717) is 12.3 Å². The second-order valence-electron chi connectivity index (χ2n) is 5.91. The molecule has 8 heteroatoms. The molecular weight excluding hydrogens is 332 g/mol. The highest BCUT2D eigenvalue weighted by Gasteiger charge is 2.27. The summed E-state index contributed by atoms with van der Waals surface area (Å²) in [6, 6.07) is 0. The number of guanidine groups is 1. The zero-order valence-corrected chi connectivity index (χ0v) is 15.7. The van der Waals surface area contributed by atoms with Gasteiger partial charge in [0.15, 0.2) is 15.8 Å². The molecule has 1 saturated heterocycles. The van der Waals surface area contributed by atoms with Crippen molar-refractivity contribution < 1.29 is 8.42 Å². The van der Waals surface area contributed by atoms with Gasteiger partial charge in [0.2, 0.25) is 0 Å². The molecule has 0 amide bonds. The van der Waals surface area contributed by atoms with Crippen molar-refractivity contribution in [3.63, 3.8) is 0 Å². The number of nitrogens with zero attached hydrogens (tertiary/aromatic N) is 2. The van der Waals surface area contributed by atoms with E-state index in [0.717, 1.165) is 42.6 Å². The molecule has 0 spiro atoms. The van der Waals surface area contributed by atoms with E-state index in [-0.39, 0.29) is 11.7 Å². The number of sulfone groups is 1. The summed E-state index contributed by atoms with van der Waals surface area (Å²) in [5.74, 6) is 1.48. The molecule has 23 heavy (non-hydrogen) atoms. The van der Waals surface area contributed by atoms with Crippen LogP contribution in [0.4, 0.5) is 0 Å². The number of aromatic nitrogens is 1. The summed E-state index contributed by atoms with van der Waals surface area (Å²) in [5, 5.41) is 7.63. The van der Waals surface area contributed by atoms with Crippen LogP contribution in [0.25, 0.3) is 0 Å². The van der Waals surface area contributed by atoms with Crippen LogP contribution in [0.3, 0.4) is 0 Å². The first-order valence-corrected chi connectivity index (χ1v) is 10.7. The summed E-state index contributed by atoms with van der Waals surface area (Å²) in [6.07, 6.45) is 1.59. The molecule has 0 aromatic carbocycles. The van der Waals surface area contributed by atoms with Crippen LogP contribution >= 0.6 is 11.3 Å². The standard InChI is InChI=1S/C15H26N4O2S2/c1-4-16-15(18-9-13-6-8-23(20,21)10-13)17-7-5-14-19-11(2)12(3)22-14/h13H,4-10H2,1-3H3,(H2,16,17,18). The first-order chi connectivity index (χ1) is 10.9. The van der Waals surface area contributed by atoms with E-state index in [2.05, 4.69) is 27.5 Å². The third-order valence-electron chi connectivity index (χ3n) is 3.88. The molecule has 0 saturated carbocycles. The van der Waals surface area contributed by atoms with Gasteiger partial charge in [-0.3, -0.25) is 4.99 Å². The molecule has 1 unspecified atom stereocenters. The van der Waals surface area contributed by atoms with Crippen molar-refractivity contribution >= 4 is 27.1 Å². The monoisotopic (exact) mass is 358 g/mol. The van der Waals surface area contributed by atoms with Crippen molar-refractivity contribution in [1.82, 2.24) is 15.6 Å². The maximum Gasteiger partial charge on any atom is 0.191 e. The normalized spacial score (nSPS) is 20.7. The first-order valence-electron chi connectivity index (χ1n) is 8.05. The van der Waals surface area contributed by atoms with Gasteiger partial charge in [0.1, 0.15) is 0 Å². The molecule has 0 bridgehead atoms. The van der Waals surface area contributed by atoms with Gasteiger partial charge in [-0.1, -0.05) is 0 Å². The Morgan fingerprint density at radius 2 is 2.17 bits per heavy atom. The number of nitrogens with one attached hydrogen (secondary N) is 2. The second-order valence-corrected chi connectivity index (χ2v) is 9.43. The summed E-state index contributed by atoms with van der Waals surface area (Å²) >= 11 is 1.73. The molecule has 0 aliphatic carbocycles. The Morgan fingerprint density at radius 1 is 1.39 bits per heavy atom. The minimum absolute atomic E-state index is 0.153. The number of hydrogen-bond donors (Lipinski definition) is 2. The lowest BCUT2D eigenvalue weighted by Gasteiger charge is -2.12. The smallest absolute Gasteiger partial charge is 0.191 e. The van der Waals surface area contributed by atoms with Gasteiger partial charge in [-0.15, -0.1) is 11.3 Å². The number of hydrogen-bond acceptors (Lipinski definition) is 5. The second kappa shape index (κ2) is 8.10. The predicted octanol–water partition coefficient (Wildman–Crippen LogP) is 1.29. The quantitative estimate of drug-likeness (QED) is 0.591. The van der Waals surface area contributed by atoms with Crippen molar-refractivity contribution in [2.75, 3.05) is 31.1 Å². The maximum atomic E-state index is 11.5. The highest BCUT2D eigenvalue weighted by molar-refractivity contribution is 7.91. The van der Waals surface area contributed by atoms with Crippen LogP contribution in [-0.2, 0) is 16.3 Å². The molecular formula is C15H26N4O2S2. The Morgan fingerprint density at radius 3 is 2.74 bits per heavy atom. The molecule has 2 N–H and O–H groups in total. The van der Waals surface area contributed by atoms with Gasteiger partial charge >= 0.3 is 0 Å². The van der Waals surface area contributed by atoms with Crippen LogP contribution in [-0.4, -0.2) is 50.5 Å². The van der Waals surface area contributed by atoms with Crippen molar-refractivity contribution in [1.29, 1.82) is 0 Å². The van der Waals surface area contributed by atoms with Gasteiger partial charge in [0.25, 0.3) is 0 Å². The third-order valence-corrected chi connectivity index (χ3v) is 6.85. The summed E-state index contributed by atoms with van der Waals surface area (Å²) in [7, 11) is -2.83. The Labute approximate surface area is 142 Å². The minimum atomic E-state index is -2.83. The molecule has 2 heterocycles. The molecule has 1 fully saturated rings. The van der Waals surface area contributed by atoms with Crippen LogP contribution in [0.2, 0.25) is 0 Å². The van der Waals surface area contributed by atoms with Crippen LogP contribution in [0.15, 0.2) is 4.99 Å². The number of thiazole rings is 1. The highest BCUT2D eigenvalue weighted by Crippen LogP contribution is 2.18. The molecule has 6 nitrogen and oxygen atoms in total. The van der Waals surface area contributed by atoms with Crippen molar-refractivity contribution in [2.24, 2.45) is 10.9 Å². The lowest BCUT2D eigenvalue weighted by atomic mass is 10.1. The molecule has 1 aromatic heterocycles. The van der Waals surface area contributed by atoms with Crippen LogP contribution in [0.1, 0.15) is 28.9 Å². The highest BCUT2D eigenvalue weighted by atomic mass is 32.2. The van der Waals surface area contributed by atoms with Crippen LogP contribution in [0.5, 0.6) is 0 Å². The number of aryl methyl sites for hydroxylation is 2. The molecule has 1 aliphatic rings. The van der Waals surface area contributed by atoms with E-state index >= 15 is 0 Å². The molecule has 0 radical (unpaired) electrons. The Kier molecular flexibility index (Phi) is 6.41. The Balaban J connectivity index is 1.82. The average molecular weight is 359 g/mol. The van der Waals surface area contributed by atoms with E-state index in [1.165, 1.54) is 4.88 Å². The molecule has 1 aliphatic heterocycles. The van der Waals surface area contributed by atoms with E-state index in [1.807, 2.05) is 13.8 Å². The van der Waals surface area contributed by atoms with Gasteiger partial charge < -0.3 is 10.6 Å². The molecule has 2 rings (SSSR count). The summed E-state index contributed by atoms with van der Waals surface area (Å²) < 4.78 is 23.0. The lowest BCUT2D eigenvalue weighted by molar-refractivity contribution is 0.589. The third kappa shape index (κ3) is 5.76. The predicted molar refractivity (Wildman–Crippen MR) is 96.0 cm³/mol. The van der Waals surface area contributed by atoms with Gasteiger partial charge in [0.05, 0.1) is 22.2 Å². The minimum Gasteiger partial charge on any atom is -0.357 e. The van der Waals surface area contributed by atoms with Crippen molar-refractivity contribution in [2.45, 2.75) is 33.6 Å². The fraction of sp³-hybridized carbons (Fsp3) is 0.733. The van der Waals surface area contributed by atoms with E-state index in [9.17, 15) is 8.42 Å². The summed E-state index contributed by atoms with van der Waals surface area (Å²) in [5.41, 5.74) is 1.10. The Bertz CT molecular complexity index is 633. The van der Waals surface area contributed by atoms with Crippen LogP contribution < -0.4 is 10.6 Å². The van der Waals surface area contributed by atoms with E-state index in [4.69, 9.17) is 0 Å². The largest absolute Gasteiger partial charge is 0.357 e. The topological polar surface area (TPSA) is 83.5 Å². The summed E-state index contributed by atoms with van der Waals surface area (Å²) in [4.78, 5) is 10.3. The number of rotatable bonds is 6. The van der Waals surface area contributed by atoms with Crippen molar-refractivity contribution in [3.8, 4) is 0 Å². The van der Waals surface area contributed by atoms with Gasteiger partial charge in [0, 0.05) is 30.9 Å². The zero-order valence-electron chi connectivity index (χ0n) is 14.1. The first kappa shape index (κ1) is 18.2. The zero-order chi connectivity index (χ0) is 16.9. The molecule has 1 atom stereocenters. The lowest BCUT2D eigenvalue weighted by Crippen LogP contribution is -2.38. The fourth-order valence-corrected chi connectivity index (χ4v) is 5.29. The van der Waals surface area contributed by atoms with Crippen molar-refractivity contribution in [3.05, 3.63) is 15.6 Å². The average Bonchev–Trinajstić information content (AvgIpc) is 2.98. The maximum absolute atomic E-state index is 11.5. The van der Waals surface area contributed by atoms with Gasteiger partial charge in [-0.25, -0.2) is 13.4 Å². The summed E-state index contributed by atoms with van der Waals surface area (Å²) in [6.45, 7) is 8.25. The van der Waals surface area contributed by atoms with E-state index < -0.39 is 9.84 Å². The molecule has 130 valence electrons. The van der Waals surface area contributed by atoms with Gasteiger partial charge in [-0.05, 0) is 33.1 Å². The van der Waals surface area contributed by atoms with Crippen LogP contribution in [0, 0.1) is 19.8 Å². The van der Waals surface area contributed by atoms with Gasteiger partial charge in [-0.2, -0.15) is 0 Å². The number of aliphatic imine (C=N–C) groups is 1. The SMILES string of the molecule is CCNC(=NCC1CCS(=O)(=O)C1)NCCc1nc(C)c(C)s1. The molecule has 1 aromatic rings. The Hall–Kier alpha value is -1.15. The fourth-order valence-electron chi connectivity index (χ4n) is 2.51. The van der Waals surface area contributed by atoms with E-state index in [1.54, 1.807) is 11.3 Å².